The summed E-state index contributed by atoms with van der Waals surface area (Å²) >= 11 is 0. The van der Waals surface area contributed by atoms with Gasteiger partial charge in [-0.2, -0.15) is 4.31 Å². The molecule has 0 radical (unpaired) electrons. The van der Waals surface area contributed by atoms with Gasteiger partial charge in [-0.05, 0) is 62.2 Å². The van der Waals surface area contributed by atoms with Crippen LogP contribution in [0.2, 0.25) is 0 Å². The number of nitrogens with one attached hydrogen (secondary N) is 1. The molecule has 0 bridgehead atoms. The van der Waals surface area contributed by atoms with Gasteiger partial charge in [-0.3, -0.25) is 9.59 Å². The topological polar surface area (TPSA) is 125 Å². The lowest BCUT2D eigenvalue weighted by Crippen LogP contribution is -2.50. The van der Waals surface area contributed by atoms with Gasteiger partial charge < -0.3 is 24.8 Å². The summed E-state index contributed by atoms with van der Waals surface area (Å²) < 4.78 is 39.2. The fourth-order valence-corrected chi connectivity index (χ4v) is 5.57. The fourth-order valence-electron chi connectivity index (χ4n) is 4.39. The highest BCUT2D eigenvalue weighted by molar-refractivity contribution is 7.89. The van der Waals surface area contributed by atoms with Crippen LogP contribution in [0.15, 0.2) is 47.4 Å². The molecular formula is C27H35N3O7S. The summed E-state index contributed by atoms with van der Waals surface area (Å²) in [6.07, 6.45) is 1.11. The maximum Gasteiger partial charge on any atom is 0.258 e. The van der Waals surface area contributed by atoms with E-state index in [-0.39, 0.29) is 53.8 Å². The van der Waals surface area contributed by atoms with E-state index in [1.54, 1.807) is 42.2 Å². The number of fused-ring (bicyclic) bond motifs is 1. The molecule has 0 aromatic heterocycles. The van der Waals surface area contributed by atoms with Crippen LogP contribution in [0.5, 0.6) is 11.5 Å². The first-order chi connectivity index (χ1) is 18.0. The van der Waals surface area contributed by atoms with Crippen molar-refractivity contribution < 1.29 is 32.6 Å². The molecule has 1 saturated carbocycles. The van der Waals surface area contributed by atoms with Crippen LogP contribution in [-0.2, 0) is 14.8 Å². The largest absolute Gasteiger partial charge is 0.497 e. The number of likely N-dealkylation sites (N-methyl/N-ethyl adjacent to an activating group) is 1. The number of carbonyl (C=O) groups is 2. The standard InChI is InChI=1S/C27H35N3O7S/c1-17-14-30(18(2)16-31)27(33)23-13-20(28-26(32)19-5-6-19)7-12-24(23)37-25(17)15-29(3)38(34,35)22-10-8-21(36-4)9-11-22/h7-13,17-19,25,31H,5-6,14-16H2,1-4H3,(H,28,32)/t17-,18-,25-/m0/s1. The molecule has 1 heterocycles. The second-order valence-electron chi connectivity index (χ2n) is 10.1. The zero-order valence-electron chi connectivity index (χ0n) is 22.1. The monoisotopic (exact) mass is 545 g/mol. The van der Waals surface area contributed by atoms with Crippen molar-refractivity contribution in [2.75, 3.05) is 39.2 Å². The van der Waals surface area contributed by atoms with Crippen molar-refractivity contribution in [3.8, 4) is 11.5 Å². The highest BCUT2D eigenvalue weighted by Crippen LogP contribution is 2.33. The number of hydrogen-bond donors (Lipinski definition) is 2. The minimum Gasteiger partial charge on any atom is -0.497 e. The molecule has 2 N–H and O–H groups in total. The summed E-state index contributed by atoms with van der Waals surface area (Å²) in [7, 11) is -0.822. The van der Waals surface area contributed by atoms with E-state index in [0.717, 1.165) is 12.8 Å². The number of ether oxygens (including phenoxy) is 2. The van der Waals surface area contributed by atoms with E-state index < -0.39 is 22.2 Å². The molecular weight excluding hydrogens is 510 g/mol. The summed E-state index contributed by atoms with van der Waals surface area (Å²) in [6.45, 7) is 3.69. The Morgan fingerprint density at radius 1 is 1.24 bits per heavy atom. The maximum absolute atomic E-state index is 13.6. The second kappa shape index (κ2) is 11.3. The number of carbonyl (C=O) groups excluding carboxylic acids is 2. The minimum absolute atomic E-state index is 0.00305. The van der Waals surface area contributed by atoms with E-state index in [2.05, 4.69) is 5.32 Å². The van der Waals surface area contributed by atoms with E-state index in [1.807, 2.05) is 6.92 Å². The zero-order chi connectivity index (χ0) is 27.6. The van der Waals surface area contributed by atoms with Gasteiger partial charge in [0.05, 0.1) is 36.8 Å². The average Bonchev–Trinajstić information content (AvgIpc) is 3.76. The second-order valence-corrected chi connectivity index (χ2v) is 12.1. The van der Waals surface area contributed by atoms with Gasteiger partial charge in [0.2, 0.25) is 15.9 Å². The molecule has 0 unspecified atom stereocenters. The fraction of sp³-hybridized carbons (Fsp3) is 0.481. The van der Waals surface area contributed by atoms with Crippen LogP contribution in [0.3, 0.4) is 0 Å². The van der Waals surface area contributed by atoms with Crippen molar-refractivity contribution in [2.24, 2.45) is 11.8 Å². The Morgan fingerprint density at radius 3 is 2.53 bits per heavy atom. The molecule has 2 amide bonds. The third-order valence-electron chi connectivity index (χ3n) is 7.09. The summed E-state index contributed by atoms with van der Waals surface area (Å²) in [5, 5.41) is 12.7. The van der Waals surface area contributed by atoms with Crippen molar-refractivity contribution in [1.29, 1.82) is 0 Å². The predicted octanol–water partition coefficient (Wildman–Crippen LogP) is 2.58. The zero-order valence-corrected chi connectivity index (χ0v) is 22.9. The summed E-state index contributed by atoms with van der Waals surface area (Å²) in [6, 6.07) is 10.6. The van der Waals surface area contributed by atoms with Crippen LogP contribution in [0, 0.1) is 11.8 Å². The molecule has 2 aromatic rings. The van der Waals surface area contributed by atoms with Gasteiger partial charge >= 0.3 is 0 Å². The normalized spacial score (nSPS) is 20.7. The van der Waals surface area contributed by atoms with Crippen LogP contribution < -0.4 is 14.8 Å². The lowest BCUT2D eigenvalue weighted by molar-refractivity contribution is -0.117. The maximum atomic E-state index is 13.6. The van der Waals surface area contributed by atoms with Gasteiger partial charge in [-0.1, -0.05) is 6.92 Å². The SMILES string of the molecule is COc1ccc(S(=O)(=O)N(C)C[C@@H]2Oc3ccc(NC(=O)C4CC4)cc3C(=O)N([C@@H](C)CO)C[C@@H]2C)cc1. The summed E-state index contributed by atoms with van der Waals surface area (Å²) in [5.41, 5.74) is 0.732. The third-order valence-corrected chi connectivity index (χ3v) is 8.92. The van der Waals surface area contributed by atoms with Crippen molar-refractivity contribution in [3.05, 3.63) is 48.0 Å². The summed E-state index contributed by atoms with van der Waals surface area (Å²) in [4.78, 5) is 27.5. The number of methoxy groups -OCH3 is 1. The molecule has 11 heteroatoms. The van der Waals surface area contributed by atoms with Crippen LogP contribution in [0.4, 0.5) is 5.69 Å². The Labute approximate surface area is 223 Å². The highest BCUT2D eigenvalue weighted by atomic mass is 32.2. The molecule has 0 spiro atoms. The first-order valence-corrected chi connectivity index (χ1v) is 14.1. The third kappa shape index (κ3) is 5.95. The van der Waals surface area contributed by atoms with Gasteiger partial charge in [0.25, 0.3) is 5.91 Å². The number of anilines is 1. The molecule has 2 aromatic carbocycles. The number of benzene rings is 2. The Balaban J connectivity index is 1.63. The number of aliphatic hydroxyl groups excluding tert-OH is 1. The number of aliphatic hydroxyl groups is 1. The Kier molecular flexibility index (Phi) is 8.29. The number of sulfonamides is 1. The van der Waals surface area contributed by atoms with E-state index in [0.29, 0.717) is 17.2 Å². The molecule has 1 aliphatic heterocycles. The molecule has 1 fully saturated rings. The van der Waals surface area contributed by atoms with Crippen molar-refractivity contribution >= 4 is 27.5 Å². The lowest BCUT2D eigenvalue weighted by atomic mass is 9.99. The summed E-state index contributed by atoms with van der Waals surface area (Å²) in [5.74, 6) is 0.180. The van der Waals surface area contributed by atoms with Gasteiger partial charge in [-0.15, -0.1) is 0 Å². The highest BCUT2D eigenvalue weighted by Gasteiger charge is 2.36. The number of hydrogen-bond acceptors (Lipinski definition) is 7. The van der Waals surface area contributed by atoms with Gasteiger partial charge in [0.15, 0.2) is 0 Å². The smallest absolute Gasteiger partial charge is 0.258 e. The number of rotatable bonds is 9. The van der Waals surface area contributed by atoms with Crippen molar-refractivity contribution in [1.82, 2.24) is 9.21 Å². The average molecular weight is 546 g/mol. The van der Waals surface area contributed by atoms with Crippen LogP contribution in [0.1, 0.15) is 37.0 Å². The van der Waals surface area contributed by atoms with Gasteiger partial charge in [0.1, 0.15) is 17.6 Å². The Morgan fingerprint density at radius 2 is 1.92 bits per heavy atom. The van der Waals surface area contributed by atoms with Crippen LogP contribution >= 0.6 is 0 Å². The Bertz CT molecular complexity index is 1280. The van der Waals surface area contributed by atoms with E-state index >= 15 is 0 Å². The van der Waals surface area contributed by atoms with Crippen molar-refractivity contribution in [2.45, 2.75) is 43.7 Å². The van der Waals surface area contributed by atoms with E-state index in [1.165, 1.54) is 30.6 Å². The van der Waals surface area contributed by atoms with Crippen molar-refractivity contribution in [3.63, 3.8) is 0 Å². The van der Waals surface area contributed by atoms with E-state index in [9.17, 15) is 23.1 Å². The minimum atomic E-state index is -3.82. The van der Waals surface area contributed by atoms with Gasteiger partial charge in [0, 0.05) is 31.1 Å². The molecule has 3 atom stereocenters. The van der Waals surface area contributed by atoms with Crippen LogP contribution in [-0.4, -0.2) is 80.5 Å². The predicted molar refractivity (Wildman–Crippen MR) is 142 cm³/mol. The molecule has 4 rings (SSSR count). The molecule has 0 saturated heterocycles. The Hall–Kier alpha value is -3.15. The molecule has 1 aliphatic carbocycles. The quantitative estimate of drug-likeness (QED) is 0.496. The van der Waals surface area contributed by atoms with Crippen LogP contribution in [0.25, 0.3) is 0 Å². The first-order valence-electron chi connectivity index (χ1n) is 12.7. The van der Waals surface area contributed by atoms with Gasteiger partial charge in [-0.25, -0.2) is 8.42 Å². The molecule has 38 heavy (non-hydrogen) atoms. The number of nitrogens with zero attached hydrogens (tertiary/aromatic N) is 2. The lowest BCUT2D eigenvalue weighted by Gasteiger charge is -2.38. The van der Waals surface area contributed by atoms with E-state index in [4.69, 9.17) is 9.47 Å². The molecule has 2 aliphatic rings. The molecule has 206 valence electrons. The molecule has 10 nitrogen and oxygen atoms in total. The number of amides is 2. The first kappa shape index (κ1) is 27.9.